The number of hydrogen-bond acceptors (Lipinski definition) is 4. The van der Waals surface area contributed by atoms with E-state index >= 15 is 0 Å². The molecule has 4 nitrogen and oxygen atoms in total. The zero-order valence-corrected chi connectivity index (χ0v) is 13.6. The number of Topliss-reactive ketones (excluding diaryl/α,β-unsaturated/α-hetero) is 1. The van der Waals surface area contributed by atoms with Crippen molar-refractivity contribution in [2.45, 2.75) is 44.1 Å². The Kier molecular flexibility index (Phi) is 5.98. The summed E-state index contributed by atoms with van der Waals surface area (Å²) in [5.74, 6) is -0.0477. The molecule has 5 heteroatoms. The fourth-order valence-corrected chi connectivity index (χ4v) is 3.34. The molecule has 1 atom stereocenters. The third kappa shape index (κ3) is 3.68. The Bertz CT molecular complexity index is 546. The summed E-state index contributed by atoms with van der Waals surface area (Å²) in [4.78, 5) is 23.8. The molecule has 1 aliphatic carbocycles. The molecule has 1 saturated carbocycles. The summed E-state index contributed by atoms with van der Waals surface area (Å²) < 4.78 is 4.64. The highest BCUT2D eigenvalue weighted by molar-refractivity contribution is 6.31. The molecular weight excluding hydrogens is 302 g/mol. The number of halogens is 1. The van der Waals surface area contributed by atoms with Gasteiger partial charge in [0.25, 0.3) is 0 Å². The van der Waals surface area contributed by atoms with E-state index in [0.29, 0.717) is 30.8 Å². The van der Waals surface area contributed by atoms with Gasteiger partial charge in [0.05, 0.1) is 7.11 Å². The Labute approximate surface area is 136 Å². The summed E-state index contributed by atoms with van der Waals surface area (Å²) >= 11 is 6.33. The van der Waals surface area contributed by atoms with Crippen LogP contribution < -0.4 is 5.32 Å². The van der Waals surface area contributed by atoms with Crippen molar-refractivity contribution < 1.29 is 14.3 Å². The van der Waals surface area contributed by atoms with E-state index < -0.39 is 5.54 Å². The summed E-state index contributed by atoms with van der Waals surface area (Å²) in [7, 11) is 1.38. The molecule has 0 amide bonds. The van der Waals surface area contributed by atoms with Crippen LogP contribution in [0, 0.1) is 0 Å². The summed E-state index contributed by atoms with van der Waals surface area (Å²) in [5, 5.41) is 3.99. The maximum Gasteiger partial charge on any atom is 0.305 e. The topological polar surface area (TPSA) is 55.4 Å². The normalized spacial score (nSPS) is 21.6. The van der Waals surface area contributed by atoms with Gasteiger partial charge in [-0.1, -0.05) is 36.2 Å². The van der Waals surface area contributed by atoms with Crippen LogP contribution in [-0.4, -0.2) is 25.4 Å². The first-order chi connectivity index (χ1) is 10.6. The van der Waals surface area contributed by atoms with Gasteiger partial charge in [0.1, 0.15) is 5.54 Å². The number of carbonyl (C=O) groups excluding carboxylic acids is 2. The Morgan fingerprint density at radius 3 is 2.82 bits per heavy atom. The van der Waals surface area contributed by atoms with Crippen LogP contribution in [0.3, 0.4) is 0 Å². The number of ether oxygens (including phenoxy) is 1. The molecule has 0 radical (unpaired) electrons. The van der Waals surface area contributed by atoms with Crippen LogP contribution in [0.25, 0.3) is 0 Å². The van der Waals surface area contributed by atoms with Gasteiger partial charge < -0.3 is 10.1 Å². The standard InChI is InChI=1S/C17H22ClNO3/c1-22-16(21)10-6-12-19-17(11-5-4-9-15(17)20)13-7-2-3-8-14(13)18/h2-3,7-8,19H,4-6,9-12H2,1H3. The van der Waals surface area contributed by atoms with Crippen LogP contribution >= 0.6 is 11.6 Å². The number of ketones is 1. The Balaban J connectivity index is 2.15. The van der Waals surface area contributed by atoms with E-state index in [1.807, 2.05) is 24.3 Å². The average Bonchev–Trinajstić information content (AvgIpc) is 2.53. The molecule has 1 aromatic rings. The third-order valence-electron chi connectivity index (χ3n) is 4.23. The zero-order chi connectivity index (χ0) is 16.0. The van der Waals surface area contributed by atoms with E-state index in [4.69, 9.17) is 11.6 Å². The minimum Gasteiger partial charge on any atom is -0.469 e. The molecule has 120 valence electrons. The number of nitrogens with one attached hydrogen (secondary N) is 1. The highest BCUT2D eigenvalue weighted by Gasteiger charge is 2.41. The number of methoxy groups -OCH3 is 1. The Morgan fingerprint density at radius 1 is 1.36 bits per heavy atom. The maximum atomic E-state index is 12.6. The molecule has 1 N–H and O–H groups in total. The molecule has 1 unspecified atom stereocenters. The smallest absolute Gasteiger partial charge is 0.305 e. The highest BCUT2D eigenvalue weighted by Crippen LogP contribution is 2.37. The van der Waals surface area contributed by atoms with E-state index in [2.05, 4.69) is 10.1 Å². The van der Waals surface area contributed by atoms with Gasteiger partial charge in [0.15, 0.2) is 5.78 Å². The second-order valence-corrected chi connectivity index (χ2v) is 6.03. The summed E-state index contributed by atoms with van der Waals surface area (Å²) in [6.45, 7) is 0.575. The van der Waals surface area contributed by atoms with Crippen LogP contribution in [0.2, 0.25) is 5.02 Å². The summed E-state index contributed by atoms with van der Waals surface area (Å²) in [5.41, 5.74) is 0.131. The molecule has 1 aromatic carbocycles. The molecular formula is C17H22ClNO3. The molecule has 0 bridgehead atoms. The van der Waals surface area contributed by atoms with Gasteiger partial charge in [-0.25, -0.2) is 0 Å². The highest BCUT2D eigenvalue weighted by atomic mass is 35.5. The zero-order valence-electron chi connectivity index (χ0n) is 12.9. The fraction of sp³-hybridized carbons (Fsp3) is 0.529. The number of rotatable bonds is 6. The van der Waals surface area contributed by atoms with Gasteiger partial charge in [-0.15, -0.1) is 0 Å². The minimum atomic E-state index is -0.716. The van der Waals surface area contributed by atoms with E-state index in [1.165, 1.54) is 7.11 Å². The lowest BCUT2D eigenvalue weighted by Gasteiger charge is -2.38. The van der Waals surface area contributed by atoms with Crippen LogP contribution in [0.15, 0.2) is 24.3 Å². The molecule has 1 fully saturated rings. The quantitative estimate of drug-likeness (QED) is 0.645. The number of hydrogen-bond donors (Lipinski definition) is 1. The number of benzene rings is 1. The van der Waals surface area contributed by atoms with Gasteiger partial charge in [-0.05, 0) is 37.4 Å². The van der Waals surface area contributed by atoms with Gasteiger partial charge >= 0.3 is 5.97 Å². The molecule has 0 aromatic heterocycles. The minimum absolute atomic E-state index is 0.185. The SMILES string of the molecule is COC(=O)CCCNC1(c2ccccc2Cl)CCCCC1=O. The predicted octanol–water partition coefficient (Wildman–Crippen LogP) is 3.22. The van der Waals surface area contributed by atoms with Gasteiger partial charge in [0, 0.05) is 17.9 Å². The van der Waals surface area contributed by atoms with Crippen molar-refractivity contribution in [3.63, 3.8) is 0 Å². The lowest BCUT2D eigenvalue weighted by Crippen LogP contribution is -2.51. The second-order valence-electron chi connectivity index (χ2n) is 5.62. The lowest BCUT2D eigenvalue weighted by molar-refractivity contribution is -0.140. The van der Waals surface area contributed by atoms with Crippen molar-refractivity contribution in [3.8, 4) is 0 Å². The lowest BCUT2D eigenvalue weighted by atomic mass is 9.75. The van der Waals surface area contributed by atoms with Crippen molar-refractivity contribution in [3.05, 3.63) is 34.9 Å². The molecule has 0 aliphatic heterocycles. The molecule has 0 saturated heterocycles. The summed E-state index contributed by atoms with van der Waals surface area (Å²) in [6.07, 6.45) is 4.20. The summed E-state index contributed by atoms with van der Waals surface area (Å²) in [6, 6.07) is 7.50. The first-order valence-electron chi connectivity index (χ1n) is 7.70. The third-order valence-corrected chi connectivity index (χ3v) is 4.56. The molecule has 22 heavy (non-hydrogen) atoms. The van der Waals surface area contributed by atoms with Crippen LogP contribution in [0.5, 0.6) is 0 Å². The predicted molar refractivity (Wildman–Crippen MR) is 85.9 cm³/mol. The van der Waals surface area contributed by atoms with E-state index in [0.717, 1.165) is 24.8 Å². The number of esters is 1. The van der Waals surface area contributed by atoms with Crippen molar-refractivity contribution in [2.24, 2.45) is 0 Å². The molecule has 2 rings (SSSR count). The van der Waals surface area contributed by atoms with Crippen LogP contribution in [-0.2, 0) is 19.9 Å². The number of carbonyl (C=O) groups is 2. The van der Waals surface area contributed by atoms with E-state index in [1.54, 1.807) is 0 Å². The average molecular weight is 324 g/mol. The first-order valence-corrected chi connectivity index (χ1v) is 8.08. The second kappa shape index (κ2) is 7.75. The Hall–Kier alpha value is -1.39. The van der Waals surface area contributed by atoms with Gasteiger partial charge in [-0.3, -0.25) is 9.59 Å². The van der Waals surface area contributed by atoms with E-state index in [9.17, 15) is 9.59 Å². The van der Waals surface area contributed by atoms with Crippen LogP contribution in [0.1, 0.15) is 44.1 Å². The van der Waals surface area contributed by atoms with Crippen molar-refractivity contribution in [2.75, 3.05) is 13.7 Å². The molecule has 0 heterocycles. The maximum absolute atomic E-state index is 12.6. The largest absolute Gasteiger partial charge is 0.469 e. The molecule has 0 spiro atoms. The van der Waals surface area contributed by atoms with Crippen molar-refractivity contribution >= 4 is 23.4 Å². The first kappa shape index (κ1) is 17.0. The fourth-order valence-electron chi connectivity index (χ4n) is 3.04. The van der Waals surface area contributed by atoms with Gasteiger partial charge in [-0.2, -0.15) is 0 Å². The van der Waals surface area contributed by atoms with E-state index in [-0.39, 0.29) is 11.8 Å². The van der Waals surface area contributed by atoms with Crippen LogP contribution in [0.4, 0.5) is 0 Å². The molecule has 1 aliphatic rings. The monoisotopic (exact) mass is 323 g/mol. The Morgan fingerprint density at radius 2 is 2.14 bits per heavy atom. The van der Waals surface area contributed by atoms with Gasteiger partial charge in [0.2, 0.25) is 0 Å². The van der Waals surface area contributed by atoms with Crippen molar-refractivity contribution in [1.29, 1.82) is 0 Å². The van der Waals surface area contributed by atoms with Crippen molar-refractivity contribution in [1.82, 2.24) is 5.32 Å².